The maximum absolute atomic E-state index is 12.2. The lowest BCUT2D eigenvalue weighted by atomic mass is 9.96. The molecule has 2 aromatic rings. The smallest absolute Gasteiger partial charge is 0.296 e. The van der Waals surface area contributed by atoms with Gasteiger partial charge in [0, 0.05) is 53.1 Å². The maximum Gasteiger partial charge on any atom is 0.296 e. The van der Waals surface area contributed by atoms with Gasteiger partial charge in [0.1, 0.15) is 0 Å². The summed E-state index contributed by atoms with van der Waals surface area (Å²) in [6, 6.07) is 15.2. The zero-order valence-electron chi connectivity index (χ0n) is 21.9. The number of benzene rings is 2. The lowest BCUT2D eigenvalue weighted by Gasteiger charge is -2.18. The molecule has 3 N–H and O–H groups in total. The molecule has 2 aliphatic carbocycles. The molecule has 0 atom stereocenters. The highest BCUT2D eigenvalue weighted by atomic mass is 16.1. The fraction of sp³-hybridized carbons (Fsp3) is 0.344. The van der Waals surface area contributed by atoms with E-state index in [9.17, 15) is 4.79 Å². The normalized spacial score (nSPS) is 18.0. The minimum atomic E-state index is -0.181. The van der Waals surface area contributed by atoms with Crippen molar-refractivity contribution in [1.82, 2.24) is 10.2 Å². The quantitative estimate of drug-likeness (QED) is 0.454. The van der Waals surface area contributed by atoms with Crippen molar-refractivity contribution in [2.75, 3.05) is 31.3 Å². The Bertz CT molecular complexity index is 1300. The fourth-order valence-electron chi connectivity index (χ4n) is 5.28. The van der Waals surface area contributed by atoms with Crippen molar-refractivity contribution in [1.29, 1.82) is 0 Å². The third-order valence-corrected chi connectivity index (χ3v) is 7.12. The Kier molecular flexibility index (Phi) is 7.77. The van der Waals surface area contributed by atoms with Gasteiger partial charge >= 0.3 is 0 Å². The Hall–Kier alpha value is -3.75. The number of carbonyl (C=O) groups excluding carboxylic acids is 1. The number of fused-ring (bicyclic) bond motifs is 1. The van der Waals surface area contributed by atoms with Gasteiger partial charge in [0.05, 0.1) is 5.70 Å². The van der Waals surface area contributed by atoms with Gasteiger partial charge in [-0.25, -0.2) is 0 Å². The number of amides is 1. The SMILES string of the molecule is CN(C)Cc1ccc(N/C(C2=CCCC=C2)=C2\CNc3cc(C#CC(=O)NC4CCCC4)ccc32)cc1. The third-order valence-electron chi connectivity index (χ3n) is 7.12. The summed E-state index contributed by atoms with van der Waals surface area (Å²) >= 11 is 0. The standard InChI is InChI=1S/C32H36N4O/c1-36(2)22-24-12-16-27(17-13-24)35-32(25-8-4-3-5-9-25)29-21-33-30-20-23(14-18-28(29)30)15-19-31(37)34-26-10-6-7-11-26/h4,8-9,12-14,16-18,20,26,33,35H,3,5-7,10-11,21-22H2,1-2H3,(H,34,37)/b32-29+. The molecule has 1 saturated carbocycles. The van der Waals surface area contributed by atoms with E-state index in [4.69, 9.17) is 0 Å². The Morgan fingerprint density at radius 2 is 1.89 bits per heavy atom. The molecule has 37 heavy (non-hydrogen) atoms. The summed E-state index contributed by atoms with van der Waals surface area (Å²) in [5, 5.41) is 10.3. The summed E-state index contributed by atoms with van der Waals surface area (Å²) in [7, 11) is 4.17. The van der Waals surface area contributed by atoms with Crippen LogP contribution in [0.4, 0.5) is 11.4 Å². The van der Waals surface area contributed by atoms with Crippen LogP contribution in [0.2, 0.25) is 0 Å². The number of hydrogen-bond acceptors (Lipinski definition) is 4. The summed E-state index contributed by atoms with van der Waals surface area (Å²) in [5.74, 6) is 5.65. The topological polar surface area (TPSA) is 56.4 Å². The molecule has 0 radical (unpaired) electrons. The van der Waals surface area contributed by atoms with Crippen molar-refractivity contribution >= 4 is 22.9 Å². The van der Waals surface area contributed by atoms with Crippen LogP contribution >= 0.6 is 0 Å². The van der Waals surface area contributed by atoms with Crippen LogP contribution in [0.5, 0.6) is 0 Å². The van der Waals surface area contributed by atoms with E-state index in [1.165, 1.54) is 35.1 Å². The summed E-state index contributed by atoms with van der Waals surface area (Å²) in [6.07, 6.45) is 13.4. The van der Waals surface area contributed by atoms with Crippen LogP contribution in [-0.4, -0.2) is 37.5 Å². The minimum Gasteiger partial charge on any atom is -0.380 e. The predicted octanol–water partition coefficient (Wildman–Crippen LogP) is 5.68. The van der Waals surface area contributed by atoms with Crippen molar-refractivity contribution in [3.63, 3.8) is 0 Å². The average molecular weight is 493 g/mol. The summed E-state index contributed by atoms with van der Waals surface area (Å²) in [4.78, 5) is 14.4. The molecule has 2 aromatic carbocycles. The number of nitrogens with zero attached hydrogens (tertiary/aromatic N) is 1. The second-order valence-electron chi connectivity index (χ2n) is 10.4. The van der Waals surface area contributed by atoms with Crippen LogP contribution in [0.3, 0.4) is 0 Å². The molecule has 3 aliphatic rings. The second-order valence-corrected chi connectivity index (χ2v) is 10.4. The Morgan fingerprint density at radius 3 is 2.62 bits per heavy atom. The third kappa shape index (κ3) is 6.34. The number of nitrogens with one attached hydrogen (secondary N) is 3. The second kappa shape index (κ2) is 11.5. The van der Waals surface area contributed by atoms with Crippen molar-refractivity contribution in [3.8, 4) is 11.8 Å². The first kappa shape index (κ1) is 24.9. The molecule has 0 unspecified atom stereocenters. The monoisotopic (exact) mass is 492 g/mol. The van der Waals surface area contributed by atoms with E-state index in [0.717, 1.165) is 61.4 Å². The number of allylic oxidation sites excluding steroid dienone is 3. The van der Waals surface area contributed by atoms with Gasteiger partial charge in [-0.2, -0.15) is 0 Å². The van der Waals surface area contributed by atoms with Crippen LogP contribution in [0, 0.1) is 11.8 Å². The average Bonchev–Trinajstić information content (AvgIpc) is 3.57. The van der Waals surface area contributed by atoms with E-state index in [1.807, 2.05) is 6.07 Å². The number of hydrogen-bond donors (Lipinski definition) is 3. The fourth-order valence-corrected chi connectivity index (χ4v) is 5.28. The zero-order chi connectivity index (χ0) is 25.6. The highest BCUT2D eigenvalue weighted by Gasteiger charge is 2.22. The van der Waals surface area contributed by atoms with Gasteiger partial charge in [0.2, 0.25) is 0 Å². The van der Waals surface area contributed by atoms with E-state index >= 15 is 0 Å². The molecule has 1 fully saturated rings. The number of rotatable bonds is 6. The number of carbonyl (C=O) groups is 1. The van der Waals surface area contributed by atoms with Crippen molar-refractivity contribution in [2.45, 2.75) is 51.1 Å². The van der Waals surface area contributed by atoms with Crippen LogP contribution in [0.25, 0.3) is 5.57 Å². The molecule has 5 heteroatoms. The van der Waals surface area contributed by atoms with Gasteiger partial charge < -0.3 is 20.9 Å². The van der Waals surface area contributed by atoms with E-state index in [2.05, 4.69) is 101 Å². The first-order valence-electron chi connectivity index (χ1n) is 13.4. The lowest BCUT2D eigenvalue weighted by molar-refractivity contribution is -0.116. The molecule has 0 aromatic heterocycles. The first-order chi connectivity index (χ1) is 18.0. The highest BCUT2D eigenvalue weighted by Crippen LogP contribution is 2.37. The minimum absolute atomic E-state index is 0.181. The Labute approximate surface area is 220 Å². The largest absolute Gasteiger partial charge is 0.380 e. The molecular weight excluding hydrogens is 456 g/mol. The molecule has 1 heterocycles. The highest BCUT2D eigenvalue weighted by molar-refractivity contribution is 5.95. The van der Waals surface area contributed by atoms with Crippen LogP contribution in [-0.2, 0) is 11.3 Å². The summed E-state index contributed by atoms with van der Waals surface area (Å²) in [5.41, 5.74) is 9.04. The molecule has 5 rings (SSSR count). The molecule has 1 aliphatic heterocycles. The van der Waals surface area contributed by atoms with Gasteiger partial charge in [0.15, 0.2) is 0 Å². The maximum atomic E-state index is 12.2. The van der Waals surface area contributed by atoms with Gasteiger partial charge in [-0.15, -0.1) is 0 Å². The van der Waals surface area contributed by atoms with Crippen LogP contribution in [0.1, 0.15) is 55.2 Å². The Morgan fingerprint density at radius 1 is 1.08 bits per heavy atom. The summed E-state index contributed by atoms with van der Waals surface area (Å²) < 4.78 is 0. The van der Waals surface area contributed by atoms with Crippen molar-refractivity contribution in [3.05, 3.63) is 88.7 Å². The van der Waals surface area contributed by atoms with Gasteiger partial charge in [-0.1, -0.05) is 55.2 Å². The first-order valence-corrected chi connectivity index (χ1v) is 13.4. The zero-order valence-corrected chi connectivity index (χ0v) is 21.9. The molecule has 0 saturated heterocycles. The van der Waals surface area contributed by atoms with E-state index < -0.39 is 0 Å². The number of anilines is 2. The molecule has 1 amide bonds. The van der Waals surface area contributed by atoms with Gasteiger partial charge in [-0.3, -0.25) is 4.79 Å². The van der Waals surface area contributed by atoms with Crippen molar-refractivity contribution in [2.24, 2.45) is 0 Å². The van der Waals surface area contributed by atoms with Crippen molar-refractivity contribution < 1.29 is 4.79 Å². The van der Waals surface area contributed by atoms with Gasteiger partial charge in [-0.05, 0) is 75.2 Å². The Balaban J connectivity index is 1.39. The molecule has 0 bridgehead atoms. The van der Waals surface area contributed by atoms with E-state index in [1.54, 1.807) is 0 Å². The van der Waals surface area contributed by atoms with Crippen LogP contribution < -0.4 is 16.0 Å². The van der Waals surface area contributed by atoms with Crippen LogP contribution in [0.15, 0.2) is 72.0 Å². The predicted molar refractivity (Wildman–Crippen MR) is 153 cm³/mol. The molecule has 5 nitrogen and oxygen atoms in total. The molecular formula is C32H36N4O. The van der Waals surface area contributed by atoms with E-state index in [0.29, 0.717) is 0 Å². The summed E-state index contributed by atoms with van der Waals surface area (Å²) in [6.45, 7) is 1.66. The van der Waals surface area contributed by atoms with Gasteiger partial charge in [0.25, 0.3) is 5.91 Å². The molecule has 190 valence electrons. The lowest BCUT2D eigenvalue weighted by Crippen LogP contribution is -2.31. The molecule has 0 spiro atoms. The van der Waals surface area contributed by atoms with E-state index in [-0.39, 0.29) is 11.9 Å².